The van der Waals surface area contributed by atoms with Crippen LogP contribution < -0.4 is 5.48 Å². The second-order valence-corrected chi connectivity index (χ2v) is 4.16. The molecule has 90 valence electrons. The number of hydrogen-bond acceptors (Lipinski definition) is 2. The number of aromatic amines is 1. The van der Waals surface area contributed by atoms with Crippen LogP contribution in [0.5, 0.6) is 0 Å². The smallest absolute Gasteiger partial charge is 0.0636 e. The average Bonchev–Trinajstić information content (AvgIpc) is 2.83. The van der Waals surface area contributed by atoms with Gasteiger partial charge in [0.05, 0.1) is 12.8 Å². The average molecular weight is 238 g/mol. The van der Waals surface area contributed by atoms with Gasteiger partial charge in [-0.3, -0.25) is 10.3 Å². The highest BCUT2D eigenvalue weighted by Gasteiger charge is 2.03. The van der Waals surface area contributed by atoms with E-state index in [1.807, 2.05) is 30.3 Å². The van der Waals surface area contributed by atoms with Gasteiger partial charge in [-0.05, 0) is 24.3 Å². The topological polar surface area (TPSA) is 37.0 Å². The predicted molar refractivity (Wildman–Crippen MR) is 74.4 cm³/mol. The van der Waals surface area contributed by atoms with Gasteiger partial charge in [0.25, 0.3) is 0 Å². The lowest BCUT2D eigenvalue weighted by molar-refractivity contribution is 0.271. The summed E-state index contributed by atoms with van der Waals surface area (Å²) in [6.07, 6.45) is 0. The highest BCUT2D eigenvalue weighted by atomic mass is 16.6. The van der Waals surface area contributed by atoms with Gasteiger partial charge in [0.1, 0.15) is 0 Å². The molecular weight excluding hydrogens is 224 g/mol. The van der Waals surface area contributed by atoms with Crippen LogP contribution in [0, 0.1) is 0 Å². The summed E-state index contributed by atoms with van der Waals surface area (Å²) in [7, 11) is 1.61. The van der Waals surface area contributed by atoms with Crippen LogP contribution in [0.25, 0.3) is 22.2 Å². The van der Waals surface area contributed by atoms with E-state index in [1.165, 1.54) is 5.39 Å². The molecule has 2 N–H and O–H groups in total. The van der Waals surface area contributed by atoms with Crippen LogP contribution in [0.1, 0.15) is 0 Å². The molecule has 3 rings (SSSR count). The van der Waals surface area contributed by atoms with E-state index in [2.05, 4.69) is 34.7 Å². The number of hydrogen-bond donors (Lipinski definition) is 2. The molecule has 0 saturated carbocycles. The Balaban J connectivity index is 2.05. The Morgan fingerprint density at radius 2 is 1.89 bits per heavy atom. The van der Waals surface area contributed by atoms with Gasteiger partial charge in [0.15, 0.2) is 0 Å². The summed E-state index contributed by atoms with van der Waals surface area (Å²) >= 11 is 0. The van der Waals surface area contributed by atoms with Crippen molar-refractivity contribution in [3.05, 3.63) is 54.6 Å². The van der Waals surface area contributed by atoms with Crippen LogP contribution in [0.15, 0.2) is 54.6 Å². The van der Waals surface area contributed by atoms with Gasteiger partial charge >= 0.3 is 0 Å². The van der Waals surface area contributed by atoms with Gasteiger partial charge in [0, 0.05) is 22.2 Å². The number of anilines is 1. The maximum Gasteiger partial charge on any atom is 0.0636 e. The number of rotatable bonds is 3. The Labute approximate surface area is 105 Å². The van der Waals surface area contributed by atoms with E-state index >= 15 is 0 Å². The molecule has 2 aromatic carbocycles. The fourth-order valence-corrected chi connectivity index (χ4v) is 2.10. The number of H-pyrrole nitrogens is 1. The monoisotopic (exact) mass is 238 g/mol. The zero-order valence-electron chi connectivity index (χ0n) is 10.1. The maximum atomic E-state index is 4.92. The Hall–Kier alpha value is -2.26. The quantitative estimate of drug-likeness (QED) is 0.681. The fourth-order valence-electron chi connectivity index (χ4n) is 2.10. The molecule has 0 spiro atoms. The first-order valence-corrected chi connectivity index (χ1v) is 5.84. The summed E-state index contributed by atoms with van der Waals surface area (Å²) in [4.78, 5) is 8.33. The minimum Gasteiger partial charge on any atom is -0.355 e. The van der Waals surface area contributed by atoms with E-state index in [1.54, 1.807) is 7.11 Å². The number of aromatic nitrogens is 1. The number of nitrogens with one attached hydrogen (secondary N) is 2. The fraction of sp³-hybridized carbons (Fsp3) is 0.0667. The van der Waals surface area contributed by atoms with Crippen LogP contribution in [-0.2, 0) is 4.84 Å². The normalized spacial score (nSPS) is 10.7. The van der Waals surface area contributed by atoms with Crippen molar-refractivity contribution in [2.24, 2.45) is 0 Å². The molecule has 0 atom stereocenters. The Morgan fingerprint density at radius 3 is 2.72 bits per heavy atom. The molecule has 0 radical (unpaired) electrons. The third-order valence-corrected chi connectivity index (χ3v) is 2.92. The van der Waals surface area contributed by atoms with E-state index < -0.39 is 0 Å². The van der Waals surface area contributed by atoms with E-state index in [-0.39, 0.29) is 0 Å². The first-order chi connectivity index (χ1) is 8.86. The van der Waals surface area contributed by atoms with Gasteiger partial charge in [-0.2, -0.15) is 0 Å². The van der Waals surface area contributed by atoms with Gasteiger partial charge in [-0.15, -0.1) is 0 Å². The van der Waals surface area contributed by atoms with Crippen LogP contribution in [-0.4, -0.2) is 12.1 Å². The third kappa shape index (κ3) is 1.96. The Kier molecular flexibility index (Phi) is 2.74. The van der Waals surface area contributed by atoms with E-state index in [4.69, 9.17) is 4.84 Å². The lowest BCUT2D eigenvalue weighted by Crippen LogP contribution is -1.94. The minimum atomic E-state index is 0.939. The molecule has 0 amide bonds. The van der Waals surface area contributed by atoms with Gasteiger partial charge in [-0.1, -0.05) is 30.3 Å². The van der Waals surface area contributed by atoms with Gasteiger partial charge < -0.3 is 4.98 Å². The zero-order valence-corrected chi connectivity index (χ0v) is 10.1. The second kappa shape index (κ2) is 4.55. The molecule has 0 unspecified atom stereocenters. The molecule has 3 heteroatoms. The Morgan fingerprint density at radius 1 is 1.00 bits per heavy atom. The summed E-state index contributed by atoms with van der Waals surface area (Å²) in [6, 6.07) is 18.5. The molecule has 1 heterocycles. The summed E-state index contributed by atoms with van der Waals surface area (Å²) in [6.45, 7) is 0. The van der Waals surface area contributed by atoms with Crippen LogP contribution in [0.3, 0.4) is 0 Å². The van der Waals surface area contributed by atoms with E-state index in [0.29, 0.717) is 0 Å². The van der Waals surface area contributed by atoms with Crippen LogP contribution in [0.4, 0.5) is 5.69 Å². The molecule has 0 aliphatic carbocycles. The van der Waals surface area contributed by atoms with Crippen molar-refractivity contribution in [3.63, 3.8) is 0 Å². The Bertz CT molecular complexity index is 640. The maximum absolute atomic E-state index is 4.92. The highest BCUT2D eigenvalue weighted by molar-refractivity contribution is 5.86. The van der Waals surface area contributed by atoms with E-state index in [0.717, 1.165) is 22.5 Å². The first-order valence-electron chi connectivity index (χ1n) is 5.84. The van der Waals surface area contributed by atoms with Crippen molar-refractivity contribution < 1.29 is 4.84 Å². The van der Waals surface area contributed by atoms with Crippen molar-refractivity contribution in [3.8, 4) is 11.3 Å². The number of benzene rings is 2. The molecule has 18 heavy (non-hydrogen) atoms. The number of fused-ring (bicyclic) bond motifs is 1. The lowest BCUT2D eigenvalue weighted by atomic mass is 10.1. The predicted octanol–water partition coefficient (Wildman–Crippen LogP) is 3.81. The first kappa shape index (κ1) is 10.9. The van der Waals surface area contributed by atoms with Crippen molar-refractivity contribution in [1.82, 2.24) is 4.98 Å². The van der Waals surface area contributed by atoms with Crippen molar-refractivity contribution in [1.29, 1.82) is 0 Å². The third-order valence-electron chi connectivity index (χ3n) is 2.92. The molecular formula is C15H14N2O. The molecule has 3 aromatic rings. The van der Waals surface area contributed by atoms with Crippen molar-refractivity contribution in [2.75, 3.05) is 12.6 Å². The van der Waals surface area contributed by atoms with Gasteiger partial charge in [-0.25, -0.2) is 0 Å². The summed E-state index contributed by atoms with van der Waals surface area (Å²) < 4.78 is 0. The molecule has 3 nitrogen and oxygen atoms in total. The highest BCUT2D eigenvalue weighted by Crippen LogP contribution is 2.25. The lowest BCUT2D eigenvalue weighted by Gasteiger charge is -2.04. The SMILES string of the molecule is CONc1cccc(-c2cc3ccccc3[nH]2)c1. The summed E-state index contributed by atoms with van der Waals surface area (Å²) in [5.74, 6) is 0. The number of para-hydroxylation sites is 1. The molecule has 0 fully saturated rings. The van der Waals surface area contributed by atoms with Crippen LogP contribution in [0.2, 0.25) is 0 Å². The van der Waals surface area contributed by atoms with Gasteiger partial charge in [0.2, 0.25) is 0 Å². The van der Waals surface area contributed by atoms with Crippen molar-refractivity contribution >= 4 is 16.6 Å². The van der Waals surface area contributed by atoms with Crippen molar-refractivity contribution in [2.45, 2.75) is 0 Å². The molecule has 0 bridgehead atoms. The van der Waals surface area contributed by atoms with E-state index in [9.17, 15) is 0 Å². The zero-order chi connectivity index (χ0) is 12.4. The second-order valence-electron chi connectivity index (χ2n) is 4.16. The summed E-state index contributed by atoms with van der Waals surface area (Å²) in [5, 5.41) is 1.22. The molecule has 0 saturated heterocycles. The van der Waals surface area contributed by atoms with Crippen LogP contribution >= 0.6 is 0 Å². The minimum absolute atomic E-state index is 0.939. The molecule has 1 aromatic heterocycles. The molecule has 0 aliphatic heterocycles. The standard InChI is InChI=1S/C15H14N2O/c1-18-17-13-7-4-6-11(9-13)15-10-12-5-2-3-8-14(12)16-15/h2-10,16-17H,1H3. The largest absolute Gasteiger partial charge is 0.355 e. The molecule has 0 aliphatic rings. The summed E-state index contributed by atoms with van der Waals surface area (Å²) in [5.41, 5.74) is 7.17.